The topological polar surface area (TPSA) is 64.4 Å². The van der Waals surface area contributed by atoms with Crippen molar-refractivity contribution in [1.82, 2.24) is 3.53 Å². The van der Waals surface area contributed by atoms with E-state index in [0.717, 1.165) is 25.7 Å². The van der Waals surface area contributed by atoms with Crippen LogP contribution in [0.3, 0.4) is 0 Å². The van der Waals surface area contributed by atoms with Gasteiger partial charge in [0.25, 0.3) is 0 Å². The second-order valence-electron chi connectivity index (χ2n) is 3.28. The molecule has 0 heterocycles. The highest BCUT2D eigenvalue weighted by Crippen LogP contribution is 2.21. The second-order valence-corrected chi connectivity index (χ2v) is 3.90. The SMILES string of the molecule is NCC(=O)O[C@H]1CC[C@H](NI)CC1. The van der Waals surface area contributed by atoms with Gasteiger partial charge >= 0.3 is 5.97 Å². The Labute approximate surface area is 92.1 Å². The molecule has 0 atom stereocenters. The van der Waals surface area contributed by atoms with Gasteiger partial charge in [-0.1, -0.05) is 0 Å². The fourth-order valence-corrected chi connectivity index (χ4v) is 2.15. The Morgan fingerprint density at radius 2 is 2.08 bits per heavy atom. The van der Waals surface area contributed by atoms with Gasteiger partial charge in [-0.05, 0) is 25.7 Å². The van der Waals surface area contributed by atoms with Gasteiger partial charge in [-0.2, -0.15) is 0 Å². The summed E-state index contributed by atoms with van der Waals surface area (Å²) in [7, 11) is 0. The highest BCUT2D eigenvalue weighted by molar-refractivity contribution is 14.1. The zero-order chi connectivity index (χ0) is 9.68. The minimum atomic E-state index is -0.286. The third-order valence-corrected chi connectivity index (χ3v) is 3.17. The molecule has 1 saturated carbocycles. The lowest BCUT2D eigenvalue weighted by Gasteiger charge is -2.27. The van der Waals surface area contributed by atoms with Crippen molar-refractivity contribution in [3.05, 3.63) is 0 Å². The first kappa shape index (κ1) is 11.2. The quantitative estimate of drug-likeness (QED) is 0.458. The van der Waals surface area contributed by atoms with Crippen LogP contribution in [0.25, 0.3) is 0 Å². The van der Waals surface area contributed by atoms with Gasteiger partial charge in [-0.25, -0.2) is 0 Å². The van der Waals surface area contributed by atoms with Crippen LogP contribution in [0.15, 0.2) is 0 Å². The van der Waals surface area contributed by atoms with Gasteiger partial charge in [0.15, 0.2) is 0 Å². The van der Waals surface area contributed by atoms with E-state index in [-0.39, 0.29) is 18.6 Å². The smallest absolute Gasteiger partial charge is 0.319 e. The van der Waals surface area contributed by atoms with Gasteiger partial charge in [-0.15, -0.1) is 0 Å². The van der Waals surface area contributed by atoms with Crippen LogP contribution in [-0.2, 0) is 9.53 Å². The highest BCUT2D eigenvalue weighted by Gasteiger charge is 2.22. The van der Waals surface area contributed by atoms with Crippen molar-refractivity contribution in [2.45, 2.75) is 37.8 Å². The monoisotopic (exact) mass is 298 g/mol. The molecule has 0 aromatic carbocycles. The zero-order valence-corrected chi connectivity index (χ0v) is 9.62. The number of nitrogens with two attached hydrogens (primary N) is 1. The van der Waals surface area contributed by atoms with E-state index >= 15 is 0 Å². The third-order valence-electron chi connectivity index (χ3n) is 2.29. The van der Waals surface area contributed by atoms with Crippen molar-refractivity contribution < 1.29 is 9.53 Å². The molecule has 0 bridgehead atoms. The van der Waals surface area contributed by atoms with Crippen molar-refractivity contribution in [2.24, 2.45) is 5.73 Å². The normalized spacial score (nSPS) is 28.5. The molecule has 4 nitrogen and oxygen atoms in total. The summed E-state index contributed by atoms with van der Waals surface area (Å²) in [5.41, 5.74) is 5.15. The molecule has 1 aliphatic carbocycles. The molecule has 13 heavy (non-hydrogen) atoms. The Morgan fingerprint density at radius 3 is 2.54 bits per heavy atom. The Hall–Kier alpha value is 0.120. The fourth-order valence-electron chi connectivity index (χ4n) is 1.52. The van der Waals surface area contributed by atoms with E-state index in [9.17, 15) is 4.79 Å². The number of esters is 1. The summed E-state index contributed by atoms with van der Waals surface area (Å²) in [6, 6.07) is 0.577. The van der Waals surface area contributed by atoms with Crippen LogP contribution >= 0.6 is 22.9 Å². The van der Waals surface area contributed by atoms with Crippen LogP contribution in [0.5, 0.6) is 0 Å². The molecule has 0 aromatic heterocycles. The average Bonchev–Trinajstić information content (AvgIpc) is 2.19. The third kappa shape index (κ3) is 3.78. The predicted octanol–water partition coefficient (Wildman–Crippen LogP) is 0.739. The predicted molar refractivity (Wildman–Crippen MR) is 58.3 cm³/mol. The maximum absolute atomic E-state index is 10.9. The van der Waals surface area contributed by atoms with Crippen molar-refractivity contribution >= 4 is 28.8 Å². The second kappa shape index (κ2) is 5.77. The Bertz CT molecular complexity index is 170. The molecule has 0 aromatic rings. The average molecular weight is 298 g/mol. The maximum Gasteiger partial charge on any atom is 0.319 e. The first-order valence-corrected chi connectivity index (χ1v) is 5.60. The molecule has 0 amide bonds. The minimum absolute atomic E-state index is 0.00946. The van der Waals surface area contributed by atoms with Gasteiger partial charge in [-0.3, -0.25) is 8.32 Å². The number of hydrogen-bond acceptors (Lipinski definition) is 4. The molecule has 76 valence electrons. The van der Waals surface area contributed by atoms with E-state index < -0.39 is 0 Å². The van der Waals surface area contributed by atoms with Gasteiger partial charge < -0.3 is 10.5 Å². The van der Waals surface area contributed by atoms with Crippen LogP contribution < -0.4 is 9.26 Å². The van der Waals surface area contributed by atoms with Gasteiger partial charge in [0.2, 0.25) is 0 Å². The molecule has 1 rings (SSSR count). The first-order valence-electron chi connectivity index (χ1n) is 4.52. The van der Waals surface area contributed by atoms with Crippen LogP contribution in [0.4, 0.5) is 0 Å². The summed E-state index contributed by atoms with van der Waals surface area (Å²) in [4.78, 5) is 10.9. The van der Waals surface area contributed by atoms with Gasteiger partial charge in [0, 0.05) is 28.9 Å². The number of rotatable bonds is 3. The number of hydrogen-bond donors (Lipinski definition) is 2. The van der Waals surface area contributed by atoms with Crippen LogP contribution in [0.1, 0.15) is 25.7 Å². The van der Waals surface area contributed by atoms with Crippen molar-refractivity contribution in [1.29, 1.82) is 0 Å². The molecule has 3 N–H and O–H groups in total. The zero-order valence-electron chi connectivity index (χ0n) is 7.46. The van der Waals surface area contributed by atoms with Crippen LogP contribution in [-0.4, -0.2) is 24.7 Å². The van der Waals surface area contributed by atoms with Crippen LogP contribution in [0.2, 0.25) is 0 Å². The summed E-state index contributed by atoms with van der Waals surface area (Å²) in [6.45, 7) is -0.00946. The number of halogens is 1. The number of carbonyl (C=O) groups excluding carboxylic acids is 1. The lowest BCUT2D eigenvalue weighted by Crippen LogP contribution is -2.32. The molecule has 0 saturated heterocycles. The Morgan fingerprint density at radius 1 is 1.46 bits per heavy atom. The molecule has 1 aliphatic rings. The van der Waals surface area contributed by atoms with E-state index in [1.807, 2.05) is 0 Å². The van der Waals surface area contributed by atoms with E-state index in [4.69, 9.17) is 10.5 Å². The summed E-state index contributed by atoms with van der Waals surface area (Å²) >= 11 is 2.17. The molecule has 0 spiro atoms. The Kier molecular flexibility index (Phi) is 4.97. The van der Waals surface area contributed by atoms with Crippen molar-refractivity contribution in [3.63, 3.8) is 0 Å². The summed E-state index contributed by atoms with van der Waals surface area (Å²) in [5, 5.41) is 0. The molecule has 5 heteroatoms. The number of ether oxygens (including phenoxy) is 1. The number of carbonyl (C=O) groups is 1. The molecule has 0 aliphatic heterocycles. The largest absolute Gasteiger partial charge is 0.461 e. The first-order chi connectivity index (χ1) is 6.26. The molecular weight excluding hydrogens is 283 g/mol. The van der Waals surface area contributed by atoms with Gasteiger partial charge in [0.05, 0.1) is 6.54 Å². The summed E-state index contributed by atoms with van der Waals surface area (Å²) in [5.74, 6) is -0.286. The van der Waals surface area contributed by atoms with Gasteiger partial charge in [0.1, 0.15) is 6.10 Å². The standard InChI is InChI=1S/C8H15IN2O2/c9-11-6-1-3-7(4-2-6)13-8(12)5-10/h6-7,11H,1-5,10H2/t6-,7-. The van der Waals surface area contributed by atoms with E-state index in [1.165, 1.54) is 0 Å². The highest BCUT2D eigenvalue weighted by atomic mass is 127. The molecule has 0 radical (unpaired) electrons. The van der Waals surface area contributed by atoms with E-state index in [2.05, 4.69) is 26.4 Å². The Balaban J connectivity index is 2.21. The lowest BCUT2D eigenvalue weighted by molar-refractivity contribution is -0.148. The maximum atomic E-state index is 10.9. The summed E-state index contributed by atoms with van der Waals surface area (Å²) < 4.78 is 8.34. The van der Waals surface area contributed by atoms with Crippen molar-refractivity contribution in [2.75, 3.05) is 6.54 Å². The minimum Gasteiger partial charge on any atom is -0.461 e. The molecular formula is C8H15IN2O2. The lowest BCUT2D eigenvalue weighted by atomic mass is 9.94. The van der Waals surface area contributed by atoms with E-state index in [0.29, 0.717) is 6.04 Å². The molecule has 1 fully saturated rings. The number of nitrogens with one attached hydrogen (secondary N) is 1. The van der Waals surface area contributed by atoms with E-state index in [1.54, 1.807) is 0 Å². The van der Waals surface area contributed by atoms with Crippen LogP contribution in [0, 0.1) is 0 Å². The van der Waals surface area contributed by atoms with Crippen molar-refractivity contribution in [3.8, 4) is 0 Å². The molecule has 0 unspecified atom stereocenters. The summed E-state index contributed by atoms with van der Waals surface area (Å²) in [6.07, 6.45) is 4.15. The fraction of sp³-hybridized carbons (Fsp3) is 0.875.